The van der Waals surface area contributed by atoms with Crippen molar-refractivity contribution in [2.75, 3.05) is 0 Å². The number of amides is 2. The molecular weight excluding hydrogens is 773 g/mol. The van der Waals surface area contributed by atoms with E-state index in [0.29, 0.717) is 6.42 Å². The zero-order valence-electron chi connectivity index (χ0n) is 39.6. The molecule has 0 aromatic heterocycles. The average molecular weight is 861 g/mol. The van der Waals surface area contributed by atoms with Gasteiger partial charge in [0, 0.05) is 12.8 Å². The molecule has 8 nitrogen and oxygen atoms in total. The number of nitrogens with one attached hydrogen (secondary N) is 2. The van der Waals surface area contributed by atoms with Crippen LogP contribution in [0.3, 0.4) is 0 Å². The maximum Gasteiger partial charge on any atom is 0.328 e. The molecule has 0 aliphatic rings. The summed E-state index contributed by atoms with van der Waals surface area (Å²) in [7, 11) is 0. The van der Waals surface area contributed by atoms with Crippen molar-refractivity contribution in [2.45, 2.75) is 239 Å². The summed E-state index contributed by atoms with van der Waals surface area (Å²) < 4.78 is 10.9. The zero-order valence-corrected chi connectivity index (χ0v) is 39.6. The lowest BCUT2D eigenvalue weighted by atomic mass is 10.0. The monoisotopic (exact) mass is 861 g/mol. The quantitative estimate of drug-likeness (QED) is 0.0510. The maximum absolute atomic E-state index is 13.5. The molecule has 2 rings (SSSR count). The molecule has 0 spiro atoms. The van der Waals surface area contributed by atoms with Crippen LogP contribution in [-0.2, 0) is 41.9 Å². The van der Waals surface area contributed by atoms with Crippen molar-refractivity contribution in [3.8, 4) is 0 Å². The first-order chi connectivity index (χ1) is 30.3. The van der Waals surface area contributed by atoms with Crippen LogP contribution in [0.5, 0.6) is 0 Å². The van der Waals surface area contributed by atoms with Crippen LogP contribution in [0, 0.1) is 5.92 Å². The van der Waals surface area contributed by atoms with E-state index in [-0.39, 0.29) is 37.9 Å². The molecule has 2 aromatic carbocycles. The second-order valence-corrected chi connectivity index (χ2v) is 18.1. The number of unbranched alkanes of at least 4 members (excludes halogenated alkanes) is 26. The predicted molar refractivity (Wildman–Crippen MR) is 255 cm³/mol. The third-order valence-electron chi connectivity index (χ3n) is 12.0. The highest BCUT2D eigenvalue weighted by Crippen LogP contribution is 2.17. The minimum Gasteiger partial charge on any atom is -0.461 e. The Morgan fingerprint density at radius 1 is 0.468 bits per heavy atom. The Bertz CT molecular complexity index is 1400. The van der Waals surface area contributed by atoms with Gasteiger partial charge in [0.2, 0.25) is 11.8 Å². The Kier molecular flexibility index (Phi) is 33.2. The van der Waals surface area contributed by atoms with Gasteiger partial charge in [0.05, 0.1) is 0 Å². The number of esters is 2. The third kappa shape index (κ3) is 29.6. The van der Waals surface area contributed by atoms with Gasteiger partial charge in [-0.25, -0.2) is 4.79 Å². The van der Waals surface area contributed by atoms with Gasteiger partial charge in [0.25, 0.3) is 0 Å². The molecule has 0 aliphatic heterocycles. The van der Waals surface area contributed by atoms with E-state index in [1.165, 1.54) is 154 Å². The Morgan fingerprint density at radius 2 is 0.839 bits per heavy atom. The summed E-state index contributed by atoms with van der Waals surface area (Å²) >= 11 is 0. The van der Waals surface area contributed by atoms with Crippen molar-refractivity contribution < 1.29 is 28.7 Å². The van der Waals surface area contributed by atoms with Crippen LogP contribution in [0.1, 0.15) is 225 Å². The number of rotatable bonds is 40. The predicted octanol–water partition coefficient (Wildman–Crippen LogP) is 13.8. The molecule has 0 radical (unpaired) electrons. The van der Waals surface area contributed by atoms with Gasteiger partial charge in [-0.15, -0.1) is 0 Å². The smallest absolute Gasteiger partial charge is 0.328 e. The normalized spacial score (nSPS) is 12.2. The van der Waals surface area contributed by atoms with Crippen LogP contribution in [0.15, 0.2) is 60.7 Å². The number of hydrogen-bond donors (Lipinski definition) is 2. The van der Waals surface area contributed by atoms with Crippen molar-refractivity contribution in [3.63, 3.8) is 0 Å². The lowest BCUT2D eigenvalue weighted by Crippen LogP contribution is -2.54. The molecule has 0 bridgehead atoms. The van der Waals surface area contributed by atoms with Gasteiger partial charge in [-0.3, -0.25) is 14.4 Å². The van der Waals surface area contributed by atoms with E-state index in [0.717, 1.165) is 30.4 Å². The molecule has 0 unspecified atom stereocenters. The van der Waals surface area contributed by atoms with Gasteiger partial charge >= 0.3 is 11.9 Å². The Balaban J connectivity index is 1.52. The van der Waals surface area contributed by atoms with E-state index < -0.39 is 29.9 Å². The fourth-order valence-electron chi connectivity index (χ4n) is 7.97. The maximum atomic E-state index is 13.5. The highest BCUT2D eigenvalue weighted by atomic mass is 16.5. The topological polar surface area (TPSA) is 111 Å². The summed E-state index contributed by atoms with van der Waals surface area (Å²) in [6, 6.07) is 16.7. The molecule has 0 fully saturated rings. The van der Waals surface area contributed by atoms with Gasteiger partial charge in [-0.1, -0.05) is 248 Å². The molecule has 2 atom stereocenters. The number of carbonyl (C=O) groups excluding carboxylic acids is 4. The first-order valence-electron chi connectivity index (χ1n) is 25.3. The van der Waals surface area contributed by atoms with Gasteiger partial charge in [0.15, 0.2) is 0 Å². The fraction of sp³-hybridized carbons (Fsp3) is 0.704. The summed E-state index contributed by atoms with van der Waals surface area (Å²) in [6.07, 6.45) is 36.6. The van der Waals surface area contributed by atoms with Crippen molar-refractivity contribution in [1.82, 2.24) is 10.6 Å². The summed E-state index contributed by atoms with van der Waals surface area (Å²) in [5.41, 5.74) is 1.66. The Morgan fingerprint density at radius 3 is 1.23 bits per heavy atom. The van der Waals surface area contributed by atoms with Crippen LogP contribution in [0.25, 0.3) is 0 Å². The van der Waals surface area contributed by atoms with Crippen LogP contribution in [0.4, 0.5) is 0 Å². The minimum absolute atomic E-state index is 0.00532. The van der Waals surface area contributed by atoms with Crippen molar-refractivity contribution in [2.24, 2.45) is 5.92 Å². The second kappa shape index (κ2) is 37.8. The number of hydrogen-bond acceptors (Lipinski definition) is 6. The second-order valence-electron chi connectivity index (χ2n) is 18.1. The molecule has 2 N–H and O–H groups in total. The Labute approximate surface area is 378 Å². The molecule has 0 saturated carbocycles. The van der Waals surface area contributed by atoms with Crippen LogP contribution in [-0.4, -0.2) is 35.8 Å². The molecule has 350 valence electrons. The number of ether oxygens (including phenoxy) is 2. The first kappa shape index (κ1) is 54.5. The van der Waals surface area contributed by atoms with Crippen LogP contribution >= 0.6 is 0 Å². The average Bonchev–Trinajstić information content (AvgIpc) is 3.28. The summed E-state index contributed by atoms with van der Waals surface area (Å²) in [6.45, 7) is 6.16. The van der Waals surface area contributed by atoms with Gasteiger partial charge in [0.1, 0.15) is 25.3 Å². The summed E-state index contributed by atoms with van der Waals surface area (Å²) in [4.78, 5) is 52.3. The first-order valence-corrected chi connectivity index (χ1v) is 25.3. The number of benzene rings is 2. The summed E-state index contributed by atoms with van der Waals surface area (Å²) in [5.74, 6) is -2.00. The molecule has 0 aliphatic carbocycles. The van der Waals surface area contributed by atoms with Crippen molar-refractivity contribution >= 4 is 23.8 Å². The van der Waals surface area contributed by atoms with Crippen molar-refractivity contribution in [1.29, 1.82) is 0 Å². The van der Waals surface area contributed by atoms with E-state index in [4.69, 9.17) is 9.47 Å². The van der Waals surface area contributed by atoms with Gasteiger partial charge < -0.3 is 20.1 Å². The molecule has 2 amide bonds. The molecule has 0 saturated heterocycles. The highest BCUT2D eigenvalue weighted by molar-refractivity contribution is 5.91. The fourth-order valence-corrected chi connectivity index (χ4v) is 7.97. The van der Waals surface area contributed by atoms with Crippen LogP contribution in [0.2, 0.25) is 0 Å². The molecule has 62 heavy (non-hydrogen) atoms. The van der Waals surface area contributed by atoms with Crippen molar-refractivity contribution in [3.05, 3.63) is 71.8 Å². The van der Waals surface area contributed by atoms with E-state index in [1.807, 2.05) is 74.5 Å². The third-order valence-corrected chi connectivity index (χ3v) is 12.0. The molecule has 2 aromatic rings. The SMILES string of the molecule is CCCCCCCCCCCCCCCCCCCCCCCCCCCCCC(=O)N[C@H](C(=O)N[C@@H](CCC(=O)OCc1ccccc1)C(=O)OCc1ccccc1)C(C)C. The lowest BCUT2D eigenvalue weighted by molar-refractivity contribution is -0.151. The van der Waals surface area contributed by atoms with E-state index >= 15 is 0 Å². The van der Waals surface area contributed by atoms with Crippen LogP contribution < -0.4 is 10.6 Å². The van der Waals surface area contributed by atoms with E-state index in [1.54, 1.807) is 0 Å². The Hall–Kier alpha value is -3.68. The summed E-state index contributed by atoms with van der Waals surface area (Å²) in [5, 5.41) is 5.67. The minimum atomic E-state index is -1.08. The lowest BCUT2D eigenvalue weighted by Gasteiger charge is -2.25. The molecule has 0 heterocycles. The highest BCUT2D eigenvalue weighted by Gasteiger charge is 2.30. The largest absolute Gasteiger partial charge is 0.461 e. The zero-order chi connectivity index (χ0) is 44.7. The van der Waals surface area contributed by atoms with Gasteiger partial charge in [-0.2, -0.15) is 0 Å². The molecular formula is C54H88N2O6. The standard InChI is InChI=1S/C54H88N2O6/c1-4-5-6-7-8-9-10-11-12-13-14-15-16-17-18-19-20-21-22-23-24-25-26-27-28-29-36-41-50(57)56-52(46(2)3)53(59)55-49(54(60)62-45-48-39-34-31-35-40-48)42-43-51(58)61-44-47-37-32-30-33-38-47/h30-35,37-40,46,49,52H,4-29,36,41-45H2,1-3H3,(H,55,59)(H,56,57)/t49-,52-/m0/s1. The number of carbonyl (C=O) groups is 4. The molecule has 8 heteroatoms. The van der Waals surface area contributed by atoms with E-state index in [2.05, 4.69) is 17.6 Å². The van der Waals surface area contributed by atoms with E-state index in [9.17, 15) is 19.2 Å². The van der Waals surface area contributed by atoms with Gasteiger partial charge in [-0.05, 0) is 29.9 Å².